The molecule has 0 aromatic carbocycles. The Bertz CT molecular complexity index is 507. The van der Waals surface area contributed by atoms with E-state index >= 15 is 0 Å². The Morgan fingerprint density at radius 2 is 2.35 bits per heavy atom. The van der Waals surface area contributed by atoms with Crippen molar-refractivity contribution in [2.75, 3.05) is 19.3 Å². The van der Waals surface area contributed by atoms with Crippen LogP contribution in [-0.2, 0) is 9.84 Å². The predicted octanol–water partition coefficient (Wildman–Crippen LogP) is -0.428. The van der Waals surface area contributed by atoms with E-state index in [4.69, 9.17) is 0 Å². The summed E-state index contributed by atoms with van der Waals surface area (Å²) >= 11 is 0. The molecule has 0 spiro atoms. The van der Waals surface area contributed by atoms with Crippen LogP contribution in [0.3, 0.4) is 0 Å². The van der Waals surface area contributed by atoms with E-state index in [1.54, 1.807) is 6.92 Å². The van der Waals surface area contributed by atoms with Crippen molar-refractivity contribution in [1.82, 2.24) is 15.1 Å². The first kappa shape index (κ1) is 12.5. The number of aromatic nitrogens is 2. The third-order valence-corrected chi connectivity index (χ3v) is 4.26. The maximum absolute atomic E-state index is 11.4. The van der Waals surface area contributed by atoms with Gasteiger partial charge in [-0.2, -0.15) is 5.10 Å². The second kappa shape index (κ2) is 4.08. The molecule has 1 fully saturated rings. The van der Waals surface area contributed by atoms with Crippen LogP contribution in [-0.4, -0.2) is 48.3 Å². The van der Waals surface area contributed by atoms with E-state index < -0.39 is 15.4 Å². The number of nitrogens with one attached hydrogen (secondary N) is 1. The van der Waals surface area contributed by atoms with Gasteiger partial charge in [0.25, 0.3) is 0 Å². The van der Waals surface area contributed by atoms with E-state index in [-0.39, 0.29) is 10.9 Å². The molecule has 6 nitrogen and oxygen atoms in total. The Kier molecular flexibility index (Phi) is 3.01. The summed E-state index contributed by atoms with van der Waals surface area (Å²) < 4.78 is 24.2. The van der Waals surface area contributed by atoms with E-state index in [1.165, 1.54) is 17.1 Å². The Hall–Kier alpha value is -0.920. The molecule has 0 saturated carbocycles. The lowest BCUT2D eigenvalue weighted by Gasteiger charge is -2.37. The summed E-state index contributed by atoms with van der Waals surface area (Å²) in [4.78, 5) is 0.180. The average molecular weight is 259 g/mol. The van der Waals surface area contributed by atoms with Gasteiger partial charge in [-0.15, -0.1) is 0 Å². The number of hydrogen-bond acceptors (Lipinski definition) is 5. The lowest BCUT2D eigenvalue weighted by atomic mass is 9.90. The Labute approximate surface area is 101 Å². The van der Waals surface area contributed by atoms with Crippen molar-refractivity contribution < 1.29 is 13.5 Å². The topological polar surface area (TPSA) is 84.2 Å². The van der Waals surface area contributed by atoms with Crippen LogP contribution in [0.4, 0.5) is 0 Å². The molecule has 1 aliphatic rings. The van der Waals surface area contributed by atoms with Crippen molar-refractivity contribution in [3.8, 4) is 0 Å². The van der Waals surface area contributed by atoms with E-state index in [9.17, 15) is 13.5 Å². The number of nitrogens with zero attached hydrogens (tertiary/aromatic N) is 2. The molecule has 0 radical (unpaired) electrons. The quantitative estimate of drug-likeness (QED) is 0.753. The van der Waals surface area contributed by atoms with Gasteiger partial charge in [-0.05, 0) is 19.9 Å². The zero-order valence-electron chi connectivity index (χ0n) is 9.92. The first-order valence-corrected chi connectivity index (χ1v) is 7.37. The maximum atomic E-state index is 11.4. The Morgan fingerprint density at radius 3 is 2.88 bits per heavy atom. The fourth-order valence-corrected chi connectivity index (χ4v) is 2.57. The van der Waals surface area contributed by atoms with Gasteiger partial charge in [0.05, 0.1) is 17.8 Å². The molecule has 17 heavy (non-hydrogen) atoms. The van der Waals surface area contributed by atoms with Gasteiger partial charge >= 0.3 is 0 Å². The van der Waals surface area contributed by atoms with Gasteiger partial charge in [-0.25, -0.2) is 8.42 Å². The van der Waals surface area contributed by atoms with E-state index in [0.29, 0.717) is 13.0 Å². The van der Waals surface area contributed by atoms with Crippen LogP contribution in [0.15, 0.2) is 17.3 Å². The molecular formula is C10H17N3O3S. The number of aliphatic hydroxyl groups is 1. The first-order valence-electron chi connectivity index (χ1n) is 5.48. The third-order valence-electron chi connectivity index (χ3n) is 3.19. The van der Waals surface area contributed by atoms with Crippen LogP contribution in [0, 0.1) is 0 Å². The summed E-state index contributed by atoms with van der Waals surface area (Å²) in [6.07, 6.45) is 4.55. The minimum absolute atomic E-state index is 0.180. The van der Waals surface area contributed by atoms with Crippen LogP contribution < -0.4 is 5.32 Å². The minimum atomic E-state index is -3.24. The maximum Gasteiger partial charge on any atom is 0.178 e. The third kappa shape index (κ3) is 2.51. The van der Waals surface area contributed by atoms with Crippen LogP contribution in [0.5, 0.6) is 0 Å². The summed E-state index contributed by atoms with van der Waals surface area (Å²) in [5.41, 5.74) is -0.869. The highest BCUT2D eigenvalue weighted by Crippen LogP contribution is 2.28. The van der Waals surface area contributed by atoms with Crippen molar-refractivity contribution in [2.24, 2.45) is 0 Å². The molecule has 2 unspecified atom stereocenters. The summed E-state index contributed by atoms with van der Waals surface area (Å²) in [6, 6.07) is -0.244. The molecule has 2 heterocycles. The van der Waals surface area contributed by atoms with Crippen LogP contribution in [0.1, 0.15) is 19.4 Å². The number of rotatable bonds is 2. The normalized spacial score (nSPS) is 30.4. The van der Waals surface area contributed by atoms with Gasteiger partial charge < -0.3 is 10.4 Å². The molecule has 2 atom stereocenters. The highest BCUT2D eigenvalue weighted by molar-refractivity contribution is 7.90. The first-order chi connectivity index (χ1) is 7.81. The molecule has 2 rings (SSSR count). The van der Waals surface area contributed by atoms with Gasteiger partial charge in [-0.1, -0.05) is 0 Å². The molecule has 96 valence electrons. The largest absolute Gasteiger partial charge is 0.388 e. The molecule has 1 aromatic rings. The standard InChI is InChI=1S/C10H17N3O3S/c1-10(14)3-4-11-6-9(10)13-7-8(5-12-13)17(2,15)16/h5,7,9,11,14H,3-4,6H2,1-2H3. The monoisotopic (exact) mass is 259 g/mol. The van der Waals surface area contributed by atoms with Crippen molar-refractivity contribution >= 4 is 9.84 Å². The smallest absolute Gasteiger partial charge is 0.178 e. The lowest BCUT2D eigenvalue weighted by Crippen LogP contribution is -2.49. The van der Waals surface area contributed by atoms with Crippen molar-refractivity contribution in [3.63, 3.8) is 0 Å². The van der Waals surface area contributed by atoms with Gasteiger partial charge in [0.15, 0.2) is 9.84 Å². The molecule has 7 heteroatoms. The average Bonchev–Trinajstić information content (AvgIpc) is 2.65. The molecule has 1 aromatic heterocycles. The molecule has 1 saturated heterocycles. The molecule has 2 N–H and O–H groups in total. The summed E-state index contributed by atoms with van der Waals surface area (Å²) in [5, 5.41) is 17.5. The number of piperidine rings is 1. The summed E-state index contributed by atoms with van der Waals surface area (Å²) in [7, 11) is -3.24. The zero-order chi connectivity index (χ0) is 12.7. The fraction of sp³-hybridized carbons (Fsp3) is 0.700. The summed E-state index contributed by atoms with van der Waals surface area (Å²) in [5.74, 6) is 0. The van der Waals surface area contributed by atoms with E-state index in [1.807, 2.05) is 0 Å². The predicted molar refractivity (Wildman–Crippen MR) is 62.5 cm³/mol. The van der Waals surface area contributed by atoms with E-state index in [0.717, 1.165) is 12.8 Å². The minimum Gasteiger partial charge on any atom is -0.388 e. The number of sulfone groups is 1. The van der Waals surface area contributed by atoms with Crippen molar-refractivity contribution in [2.45, 2.75) is 29.9 Å². The number of hydrogen-bond donors (Lipinski definition) is 2. The highest BCUT2D eigenvalue weighted by atomic mass is 32.2. The lowest BCUT2D eigenvalue weighted by molar-refractivity contribution is -0.0215. The van der Waals surface area contributed by atoms with Crippen LogP contribution in [0.2, 0.25) is 0 Å². The molecule has 0 aliphatic carbocycles. The second-order valence-corrected chi connectivity index (χ2v) is 6.77. The van der Waals surface area contributed by atoms with Crippen LogP contribution in [0.25, 0.3) is 0 Å². The summed E-state index contributed by atoms with van der Waals surface area (Å²) in [6.45, 7) is 3.09. The molecule has 0 bridgehead atoms. The Balaban J connectivity index is 2.31. The van der Waals surface area contributed by atoms with Crippen LogP contribution >= 0.6 is 0 Å². The van der Waals surface area contributed by atoms with E-state index in [2.05, 4.69) is 10.4 Å². The molecule has 0 amide bonds. The molecular weight excluding hydrogens is 242 g/mol. The van der Waals surface area contributed by atoms with Gasteiger partial charge in [0.2, 0.25) is 0 Å². The van der Waals surface area contributed by atoms with Crippen molar-refractivity contribution in [3.05, 3.63) is 12.4 Å². The van der Waals surface area contributed by atoms with Gasteiger partial charge in [0, 0.05) is 19.0 Å². The molecule has 1 aliphatic heterocycles. The Morgan fingerprint density at radius 1 is 1.65 bits per heavy atom. The van der Waals surface area contributed by atoms with Crippen molar-refractivity contribution in [1.29, 1.82) is 0 Å². The fourth-order valence-electron chi connectivity index (χ4n) is 2.03. The van der Waals surface area contributed by atoms with Gasteiger partial charge in [-0.3, -0.25) is 4.68 Å². The van der Waals surface area contributed by atoms with Gasteiger partial charge in [0.1, 0.15) is 4.90 Å². The zero-order valence-corrected chi connectivity index (χ0v) is 10.7. The second-order valence-electron chi connectivity index (χ2n) is 4.76. The highest BCUT2D eigenvalue weighted by Gasteiger charge is 2.36. The SMILES string of the molecule is CC1(O)CCNCC1n1cc(S(C)(=O)=O)cn1.